The molecular weight excluding hydrogens is 222 g/mol. The van der Waals surface area contributed by atoms with Gasteiger partial charge in [0.25, 0.3) is 0 Å². The summed E-state index contributed by atoms with van der Waals surface area (Å²) in [6.45, 7) is 12.1. The molecular formula is C15H25N3. The Hall–Kier alpha value is -1.35. The molecule has 3 heteroatoms. The summed E-state index contributed by atoms with van der Waals surface area (Å²) in [5, 5.41) is 3.45. The summed E-state index contributed by atoms with van der Waals surface area (Å²) >= 11 is 0. The van der Waals surface area contributed by atoms with Crippen LogP contribution in [0.4, 0.5) is 5.69 Å². The van der Waals surface area contributed by atoms with Crippen molar-refractivity contribution >= 4 is 5.69 Å². The minimum Gasteiger partial charge on any atom is -0.366 e. The van der Waals surface area contributed by atoms with Crippen molar-refractivity contribution in [1.82, 2.24) is 10.3 Å². The summed E-state index contributed by atoms with van der Waals surface area (Å²) in [4.78, 5) is 6.59. The van der Waals surface area contributed by atoms with Crippen LogP contribution in [0.1, 0.15) is 32.3 Å². The van der Waals surface area contributed by atoms with Crippen molar-refractivity contribution in [1.29, 1.82) is 0 Å². The van der Waals surface area contributed by atoms with Crippen LogP contribution in [-0.4, -0.2) is 24.6 Å². The second-order valence-electron chi connectivity index (χ2n) is 4.42. The molecule has 0 fully saturated rings. The molecule has 3 nitrogen and oxygen atoms in total. The molecule has 1 aromatic heterocycles. The molecule has 0 aliphatic carbocycles. The van der Waals surface area contributed by atoms with Crippen molar-refractivity contribution in [2.45, 2.75) is 33.2 Å². The van der Waals surface area contributed by atoms with E-state index in [9.17, 15) is 0 Å². The Bertz CT molecular complexity index is 349. The molecule has 0 aliphatic heterocycles. The Kier molecular flexibility index (Phi) is 7.11. The van der Waals surface area contributed by atoms with Crippen LogP contribution < -0.4 is 10.2 Å². The molecule has 0 aliphatic rings. The second kappa shape index (κ2) is 8.70. The molecule has 0 amide bonds. The van der Waals surface area contributed by atoms with E-state index in [1.54, 1.807) is 0 Å². The van der Waals surface area contributed by atoms with Gasteiger partial charge in [-0.2, -0.15) is 0 Å². The van der Waals surface area contributed by atoms with Gasteiger partial charge >= 0.3 is 0 Å². The van der Waals surface area contributed by atoms with Gasteiger partial charge in [-0.1, -0.05) is 19.9 Å². The van der Waals surface area contributed by atoms with Crippen LogP contribution in [0, 0.1) is 0 Å². The molecule has 0 aromatic carbocycles. The summed E-state index contributed by atoms with van der Waals surface area (Å²) in [7, 11) is 0. The van der Waals surface area contributed by atoms with Crippen LogP contribution in [0.5, 0.6) is 0 Å². The van der Waals surface area contributed by atoms with Crippen LogP contribution in [0.25, 0.3) is 0 Å². The van der Waals surface area contributed by atoms with Crippen LogP contribution >= 0.6 is 0 Å². The largest absolute Gasteiger partial charge is 0.366 e. The molecule has 0 spiro atoms. The van der Waals surface area contributed by atoms with E-state index in [4.69, 9.17) is 0 Å². The minimum atomic E-state index is 0.875. The van der Waals surface area contributed by atoms with Gasteiger partial charge in [0, 0.05) is 25.8 Å². The number of aromatic nitrogens is 1. The normalized spacial score (nSPS) is 10.3. The fourth-order valence-corrected chi connectivity index (χ4v) is 1.98. The summed E-state index contributed by atoms with van der Waals surface area (Å²) < 4.78 is 0. The monoisotopic (exact) mass is 247 g/mol. The van der Waals surface area contributed by atoms with Crippen LogP contribution in [0.3, 0.4) is 0 Å². The molecule has 0 bridgehead atoms. The summed E-state index contributed by atoms with van der Waals surface area (Å²) in [6.07, 6.45) is 8.06. The molecule has 1 rings (SSSR count). The van der Waals surface area contributed by atoms with Gasteiger partial charge in [-0.25, -0.2) is 0 Å². The van der Waals surface area contributed by atoms with Gasteiger partial charge in [0.05, 0.1) is 11.9 Å². The number of nitrogens with one attached hydrogen (secondary N) is 1. The molecule has 0 saturated carbocycles. The first-order valence-electron chi connectivity index (χ1n) is 6.82. The number of anilines is 1. The maximum atomic E-state index is 4.26. The molecule has 0 saturated heterocycles. The molecule has 1 aromatic rings. The van der Waals surface area contributed by atoms with Crippen LogP contribution in [-0.2, 0) is 6.54 Å². The summed E-state index contributed by atoms with van der Waals surface area (Å²) in [6, 6.07) is 2.10. The van der Waals surface area contributed by atoms with Crippen molar-refractivity contribution in [3.63, 3.8) is 0 Å². The fourth-order valence-electron chi connectivity index (χ4n) is 1.98. The van der Waals surface area contributed by atoms with Crippen molar-refractivity contribution in [3.05, 3.63) is 36.7 Å². The number of rotatable bonds is 9. The molecule has 0 radical (unpaired) electrons. The van der Waals surface area contributed by atoms with Gasteiger partial charge in [0.2, 0.25) is 0 Å². The smallest absolute Gasteiger partial charge is 0.0601 e. The maximum absolute atomic E-state index is 4.26. The molecule has 1 heterocycles. The van der Waals surface area contributed by atoms with E-state index >= 15 is 0 Å². The van der Waals surface area contributed by atoms with Crippen molar-refractivity contribution in [2.75, 3.05) is 24.5 Å². The lowest BCUT2D eigenvalue weighted by atomic mass is 10.2. The Morgan fingerprint density at radius 2 is 2.22 bits per heavy atom. The van der Waals surface area contributed by atoms with E-state index in [0.29, 0.717) is 0 Å². The average molecular weight is 247 g/mol. The molecule has 100 valence electrons. The van der Waals surface area contributed by atoms with E-state index in [1.807, 2.05) is 18.5 Å². The van der Waals surface area contributed by atoms with Gasteiger partial charge in [-0.05, 0) is 31.0 Å². The van der Waals surface area contributed by atoms with E-state index in [2.05, 4.69) is 41.7 Å². The van der Waals surface area contributed by atoms with Gasteiger partial charge in [-0.3, -0.25) is 4.98 Å². The fraction of sp³-hybridized carbons (Fsp3) is 0.533. The predicted molar refractivity (Wildman–Crippen MR) is 78.9 cm³/mol. The topological polar surface area (TPSA) is 28.2 Å². The van der Waals surface area contributed by atoms with Gasteiger partial charge in [0.1, 0.15) is 0 Å². The van der Waals surface area contributed by atoms with E-state index < -0.39 is 0 Å². The Labute approximate surface area is 111 Å². The first kappa shape index (κ1) is 14.7. The van der Waals surface area contributed by atoms with Gasteiger partial charge < -0.3 is 10.2 Å². The zero-order valence-electron chi connectivity index (χ0n) is 11.7. The maximum Gasteiger partial charge on any atom is 0.0601 e. The third-order valence-corrected chi connectivity index (χ3v) is 2.81. The summed E-state index contributed by atoms with van der Waals surface area (Å²) in [5.41, 5.74) is 2.54. The highest BCUT2D eigenvalue weighted by Gasteiger charge is 2.09. The van der Waals surface area contributed by atoms with Crippen LogP contribution in [0.2, 0.25) is 0 Å². The second-order valence-corrected chi connectivity index (χ2v) is 4.42. The summed E-state index contributed by atoms with van der Waals surface area (Å²) in [5.74, 6) is 0. The number of hydrogen-bond donors (Lipinski definition) is 1. The lowest BCUT2D eigenvalue weighted by molar-refractivity contribution is 0.671. The Morgan fingerprint density at radius 3 is 2.89 bits per heavy atom. The Morgan fingerprint density at radius 1 is 1.39 bits per heavy atom. The van der Waals surface area contributed by atoms with E-state index in [1.165, 1.54) is 11.3 Å². The molecule has 0 unspecified atom stereocenters. The zero-order valence-corrected chi connectivity index (χ0v) is 11.7. The number of nitrogens with zero attached hydrogens (tertiary/aromatic N) is 2. The van der Waals surface area contributed by atoms with Gasteiger partial charge in [-0.15, -0.1) is 6.58 Å². The van der Waals surface area contributed by atoms with Crippen molar-refractivity contribution < 1.29 is 0 Å². The predicted octanol–water partition coefficient (Wildman–Crippen LogP) is 2.98. The highest BCUT2D eigenvalue weighted by Crippen LogP contribution is 2.19. The number of hydrogen-bond acceptors (Lipinski definition) is 3. The van der Waals surface area contributed by atoms with E-state index in [0.717, 1.165) is 39.0 Å². The third-order valence-electron chi connectivity index (χ3n) is 2.81. The molecule has 1 N–H and O–H groups in total. The van der Waals surface area contributed by atoms with Gasteiger partial charge in [0.15, 0.2) is 0 Å². The SMILES string of the molecule is C=CCN(CCC)c1cnccc1CNCCC. The Balaban J connectivity index is 2.80. The zero-order chi connectivity index (χ0) is 13.2. The number of pyridine rings is 1. The first-order chi connectivity index (χ1) is 8.83. The van der Waals surface area contributed by atoms with Crippen molar-refractivity contribution in [2.24, 2.45) is 0 Å². The highest BCUT2D eigenvalue weighted by atomic mass is 15.1. The minimum absolute atomic E-state index is 0.875. The molecule has 0 atom stereocenters. The third kappa shape index (κ3) is 4.49. The average Bonchev–Trinajstić information content (AvgIpc) is 2.39. The quantitative estimate of drug-likeness (QED) is 0.537. The molecule has 18 heavy (non-hydrogen) atoms. The lowest BCUT2D eigenvalue weighted by Gasteiger charge is -2.25. The van der Waals surface area contributed by atoms with Crippen LogP contribution in [0.15, 0.2) is 31.1 Å². The lowest BCUT2D eigenvalue weighted by Crippen LogP contribution is -2.26. The van der Waals surface area contributed by atoms with Crippen molar-refractivity contribution in [3.8, 4) is 0 Å². The standard InChI is InChI=1S/C15H25N3/c1-4-8-16-12-14-7-9-17-13-15(14)18(10-5-2)11-6-3/h5,7,9,13,16H,2,4,6,8,10-12H2,1,3H3. The first-order valence-corrected chi connectivity index (χ1v) is 6.82. The highest BCUT2D eigenvalue weighted by molar-refractivity contribution is 5.52. The van der Waals surface area contributed by atoms with E-state index in [-0.39, 0.29) is 0 Å².